The average molecular weight is 670 g/mol. The second kappa shape index (κ2) is 13.0. The summed E-state index contributed by atoms with van der Waals surface area (Å²) in [7, 11) is 1.32. The summed E-state index contributed by atoms with van der Waals surface area (Å²) in [5, 5.41) is 1.10. The Morgan fingerprint density at radius 1 is 0.894 bits per heavy atom. The molecule has 1 fully saturated rings. The molecule has 0 atom stereocenters. The lowest BCUT2D eigenvalue weighted by atomic mass is 9.87. The van der Waals surface area contributed by atoms with Gasteiger partial charge in [-0.1, -0.05) is 72.3 Å². The number of nitrogens with zero attached hydrogens (tertiary/aromatic N) is 1. The number of fused-ring (bicyclic) bond motifs is 1. The highest BCUT2D eigenvalue weighted by molar-refractivity contribution is 7.98. The lowest BCUT2D eigenvalue weighted by Crippen LogP contribution is -2.25. The van der Waals surface area contributed by atoms with E-state index < -0.39 is 12.4 Å². The van der Waals surface area contributed by atoms with Gasteiger partial charge in [0.05, 0.1) is 37.1 Å². The molecule has 6 aromatic rings. The van der Waals surface area contributed by atoms with Crippen molar-refractivity contribution in [1.29, 1.82) is 0 Å². The standard InChI is InChI=1S/C38H27ClF3NO3S/c1-45-38(44)25-11-15-30(33(39)18-25)23-5-4-6-24(17-23)36-35(31-8-3-2-7-29(31)26-20-46-21-26)32-19-27(40)12-16-34(32)43(36)47-28-13-9-22(10-14-28)37(41)42/h2-19,26,37H,20-21H2,1H3. The first kappa shape index (κ1) is 31.1. The Bertz CT molecular complexity index is 2130. The molecule has 1 aliphatic heterocycles. The normalized spacial score (nSPS) is 13.2. The molecule has 1 saturated heterocycles. The van der Waals surface area contributed by atoms with Crippen molar-refractivity contribution in [1.82, 2.24) is 3.97 Å². The lowest BCUT2D eigenvalue weighted by molar-refractivity contribution is 0.00864. The van der Waals surface area contributed by atoms with Gasteiger partial charge in [0, 0.05) is 43.5 Å². The number of carbonyl (C=O) groups is 1. The average Bonchev–Trinajstić information content (AvgIpc) is 3.36. The molecule has 2 heterocycles. The number of esters is 1. The van der Waals surface area contributed by atoms with Crippen LogP contribution in [0.3, 0.4) is 0 Å². The van der Waals surface area contributed by atoms with Gasteiger partial charge in [-0.05, 0) is 77.2 Å². The fourth-order valence-corrected chi connectivity index (χ4v) is 7.27. The van der Waals surface area contributed by atoms with Crippen LogP contribution < -0.4 is 0 Å². The molecule has 0 N–H and O–H groups in total. The van der Waals surface area contributed by atoms with E-state index in [-0.39, 0.29) is 17.3 Å². The van der Waals surface area contributed by atoms with Crippen molar-refractivity contribution in [3.63, 3.8) is 0 Å². The van der Waals surface area contributed by atoms with E-state index in [2.05, 4.69) is 12.1 Å². The van der Waals surface area contributed by atoms with Crippen molar-refractivity contribution in [2.24, 2.45) is 0 Å². The molecule has 0 unspecified atom stereocenters. The van der Waals surface area contributed by atoms with Gasteiger partial charge in [-0.2, -0.15) is 0 Å². The maximum Gasteiger partial charge on any atom is 0.337 e. The molecule has 47 heavy (non-hydrogen) atoms. The van der Waals surface area contributed by atoms with E-state index in [0.717, 1.165) is 54.9 Å². The van der Waals surface area contributed by atoms with Gasteiger partial charge in [-0.25, -0.2) is 18.0 Å². The van der Waals surface area contributed by atoms with Gasteiger partial charge in [0.15, 0.2) is 0 Å². The molecule has 1 aliphatic rings. The number of halogens is 4. The maximum absolute atomic E-state index is 15.0. The van der Waals surface area contributed by atoms with E-state index >= 15 is 4.39 Å². The van der Waals surface area contributed by atoms with E-state index in [1.54, 1.807) is 42.5 Å². The minimum atomic E-state index is -2.57. The Morgan fingerprint density at radius 2 is 1.66 bits per heavy atom. The summed E-state index contributed by atoms with van der Waals surface area (Å²) in [6, 6.07) is 31.9. The van der Waals surface area contributed by atoms with Crippen molar-refractivity contribution < 1.29 is 27.4 Å². The number of hydrogen-bond acceptors (Lipinski definition) is 4. The zero-order valence-corrected chi connectivity index (χ0v) is 26.6. The van der Waals surface area contributed by atoms with Gasteiger partial charge in [0.25, 0.3) is 6.43 Å². The fraction of sp³-hybridized carbons (Fsp3) is 0.132. The number of hydrogen-bond donors (Lipinski definition) is 0. The Hall–Kier alpha value is -4.50. The Morgan fingerprint density at radius 3 is 2.36 bits per heavy atom. The molecule has 0 saturated carbocycles. The van der Waals surface area contributed by atoms with Crippen molar-refractivity contribution in [3.8, 4) is 33.5 Å². The Kier molecular flexibility index (Phi) is 8.57. The van der Waals surface area contributed by atoms with Crippen LogP contribution in [0.1, 0.15) is 33.8 Å². The van der Waals surface area contributed by atoms with Crippen LogP contribution in [0.4, 0.5) is 13.2 Å². The third-order valence-electron chi connectivity index (χ3n) is 8.36. The Balaban J connectivity index is 1.47. The number of aromatic nitrogens is 1. The highest BCUT2D eigenvalue weighted by Crippen LogP contribution is 2.48. The van der Waals surface area contributed by atoms with Gasteiger partial charge in [0.2, 0.25) is 0 Å². The molecule has 0 aliphatic carbocycles. The first-order valence-corrected chi connectivity index (χ1v) is 16.0. The van der Waals surface area contributed by atoms with Gasteiger partial charge in [-0.15, -0.1) is 0 Å². The summed E-state index contributed by atoms with van der Waals surface area (Å²) in [5.74, 6) is -0.661. The predicted octanol–water partition coefficient (Wildman–Crippen LogP) is 10.8. The van der Waals surface area contributed by atoms with Crippen molar-refractivity contribution >= 4 is 40.4 Å². The predicted molar refractivity (Wildman–Crippen MR) is 181 cm³/mol. The van der Waals surface area contributed by atoms with E-state index in [1.807, 2.05) is 40.4 Å². The van der Waals surface area contributed by atoms with E-state index in [1.165, 1.54) is 37.3 Å². The van der Waals surface area contributed by atoms with E-state index in [0.29, 0.717) is 23.8 Å². The van der Waals surface area contributed by atoms with Gasteiger partial charge >= 0.3 is 5.97 Å². The van der Waals surface area contributed by atoms with Gasteiger partial charge in [0.1, 0.15) is 5.82 Å². The third kappa shape index (κ3) is 5.93. The number of ether oxygens (including phenoxy) is 2. The van der Waals surface area contributed by atoms with E-state index in [4.69, 9.17) is 21.1 Å². The molecule has 9 heteroatoms. The first-order valence-electron chi connectivity index (χ1n) is 14.9. The van der Waals surface area contributed by atoms with Crippen LogP contribution in [0.5, 0.6) is 0 Å². The molecule has 1 aromatic heterocycles. The Labute approximate surface area is 278 Å². The van der Waals surface area contributed by atoms with Crippen LogP contribution in [0.15, 0.2) is 114 Å². The monoisotopic (exact) mass is 669 g/mol. The van der Waals surface area contributed by atoms with Gasteiger partial charge in [-0.3, -0.25) is 3.97 Å². The highest BCUT2D eigenvalue weighted by atomic mass is 35.5. The number of methoxy groups -OCH3 is 1. The minimum Gasteiger partial charge on any atom is -0.465 e. The molecular weight excluding hydrogens is 643 g/mol. The number of benzene rings is 5. The van der Waals surface area contributed by atoms with Crippen LogP contribution in [0.2, 0.25) is 5.02 Å². The molecule has 7 rings (SSSR count). The molecule has 236 valence electrons. The summed E-state index contributed by atoms with van der Waals surface area (Å²) >= 11 is 8.07. The zero-order valence-electron chi connectivity index (χ0n) is 25.1. The second-order valence-electron chi connectivity index (χ2n) is 11.2. The summed E-state index contributed by atoms with van der Waals surface area (Å²) in [6.07, 6.45) is -2.57. The lowest BCUT2D eigenvalue weighted by Gasteiger charge is -2.28. The second-order valence-corrected chi connectivity index (χ2v) is 12.7. The third-order valence-corrected chi connectivity index (χ3v) is 9.72. The van der Waals surface area contributed by atoms with Crippen LogP contribution >= 0.6 is 23.5 Å². The largest absolute Gasteiger partial charge is 0.465 e. The number of carbonyl (C=O) groups excluding carboxylic acids is 1. The number of alkyl halides is 2. The van der Waals surface area contributed by atoms with Gasteiger partial charge < -0.3 is 9.47 Å². The summed E-state index contributed by atoms with van der Waals surface area (Å²) in [4.78, 5) is 12.9. The van der Waals surface area contributed by atoms with Crippen LogP contribution in [0, 0.1) is 5.82 Å². The van der Waals surface area contributed by atoms with Crippen molar-refractivity contribution in [2.45, 2.75) is 17.2 Å². The molecule has 5 aromatic carbocycles. The smallest absolute Gasteiger partial charge is 0.337 e. The molecule has 4 nitrogen and oxygen atoms in total. The first-order chi connectivity index (χ1) is 22.8. The van der Waals surface area contributed by atoms with Crippen LogP contribution in [0.25, 0.3) is 44.4 Å². The molecule has 0 amide bonds. The maximum atomic E-state index is 15.0. The summed E-state index contributed by atoms with van der Waals surface area (Å²) in [5.41, 5.74) is 7.14. The fourth-order valence-electron chi connectivity index (χ4n) is 5.97. The molecule has 0 spiro atoms. The SMILES string of the molecule is COC(=O)c1ccc(-c2cccc(-c3c(-c4ccccc4C4COC4)c4cc(F)ccc4n3Sc3ccc(C(F)F)cc3)c2)c(Cl)c1. The van der Waals surface area contributed by atoms with Crippen LogP contribution in [-0.2, 0) is 9.47 Å². The zero-order chi connectivity index (χ0) is 32.7. The molecular formula is C38H27ClF3NO3S. The molecule has 0 bridgehead atoms. The summed E-state index contributed by atoms with van der Waals surface area (Å²) in [6.45, 7) is 1.19. The van der Waals surface area contributed by atoms with Crippen molar-refractivity contribution in [2.75, 3.05) is 20.3 Å². The topological polar surface area (TPSA) is 40.5 Å². The highest BCUT2D eigenvalue weighted by Gasteiger charge is 2.28. The summed E-state index contributed by atoms with van der Waals surface area (Å²) < 4.78 is 54.3. The molecule has 0 radical (unpaired) electrons. The van der Waals surface area contributed by atoms with Crippen molar-refractivity contribution in [3.05, 3.63) is 137 Å². The quantitative estimate of drug-likeness (QED) is 0.151. The number of rotatable bonds is 8. The minimum absolute atomic E-state index is 0.0610. The van der Waals surface area contributed by atoms with Crippen LogP contribution in [-0.4, -0.2) is 30.3 Å². The van der Waals surface area contributed by atoms with E-state index in [9.17, 15) is 13.6 Å².